The van der Waals surface area contributed by atoms with Crippen LogP contribution in [0.2, 0.25) is 0 Å². The van der Waals surface area contributed by atoms with Crippen LogP contribution in [0.5, 0.6) is 0 Å². The quantitative estimate of drug-likeness (QED) is 0.668. The van der Waals surface area contributed by atoms with Gasteiger partial charge < -0.3 is 15.5 Å². The predicted molar refractivity (Wildman–Crippen MR) is 95.1 cm³/mol. The van der Waals surface area contributed by atoms with Crippen LogP contribution in [0.3, 0.4) is 0 Å². The van der Waals surface area contributed by atoms with Crippen LogP contribution in [0.25, 0.3) is 0 Å². The molecule has 1 aromatic rings. The molecule has 3 aliphatic rings. The molecule has 0 bridgehead atoms. The molecule has 3 N–H and O–H groups in total. The van der Waals surface area contributed by atoms with Crippen molar-refractivity contribution < 1.29 is 14.4 Å². The number of hydrogen-bond acceptors (Lipinski definition) is 5. The third-order valence-electron chi connectivity index (χ3n) is 5.68. The fourth-order valence-electron chi connectivity index (χ4n) is 4.04. The number of carbonyl (C=O) groups excluding carboxylic acids is 3. The lowest BCUT2D eigenvalue weighted by atomic mass is 10.0. The molecule has 7 nitrogen and oxygen atoms in total. The van der Waals surface area contributed by atoms with Crippen LogP contribution in [-0.4, -0.2) is 47.8 Å². The summed E-state index contributed by atoms with van der Waals surface area (Å²) >= 11 is 0. The smallest absolute Gasteiger partial charge is 0.255 e. The van der Waals surface area contributed by atoms with E-state index in [1.807, 2.05) is 18.2 Å². The van der Waals surface area contributed by atoms with Gasteiger partial charge in [0.15, 0.2) is 0 Å². The van der Waals surface area contributed by atoms with Crippen molar-refractivity contribution in [2.24, 2.45) is 5.92 Å². The van der Waals surface area contributed by atoms with Crippen LogP contribution in [0.1, 0.15) is 41.3 Å². The van der Waals surface area contributed by atoms with Crippen LogP contribution in [0, 0.1) is 5.92 Å². The fourth-order valence-corrected chi connectivity index (χ4v) is 4.04. The summed E-state index contributed by atoms with van der Waals surface area (Å²) in [6, 6.07) is 5.84. The summed E-state index contributed by atoms with van der Waals surface area (Å²) in [4.78, 5) is 37.8. The lowest BCUT2D eigenvalue weighted by Gasteiger charge is -2.29. The molecular weight excluding hydrogens is 332 g/mol. The first kappa shape index (κ1) is 17.2. The van der Waals surface area contributed by atoms with Gasteiger partial charge in [-0.1, -0.05) is 19.1 Å². The molecule has 1 unspecified atom stereocenters. The molecule has 0 aromatic heterocycles. The SMILES string of the molecule is C[C@@H]1CNC[C@@H]1NCc1ccc2c(c1)C(=O)N(C1CCC(=O)NC1=O)C2. The molecule has 2 saturated heterocycles. The minimum Gasteiger partial charge on any atom is -0.322 e. The van der Waals surface area contributed by atoms with E-state index in [9.17, 15) is 14.4 Å². The van der Waals surface area contributed by atoms with Gasteiger partial charge >= 0.3 is 0 Å². The molecule has 0 saturated carbocycles. The zero-order chi connectivity index (χ0) is 18.3. The third-order valence-corrected chi connectivity index (χ3v) is 5.68. The van der Waals surface area contributed by atoms with Gasteiger partial charge in [0.1, 0.15) is 6.04 Å². The normalized spacial score (nSPS) is 28.4. The molecule has 138 valence electrons. The number of hydrogen-bond donors (Lipinski definition) is 3. The van der Waals surface area contributed by atoms with E-state index in [2.05, 4.69) is 22.9 Å². The Morgan fingerprint density at radius 1 is 1.23 bits per heavy atom. The maximum atomic E-state index is 12.8. The van der Waals surface area contributed by atoms with Crippen LogP contribution >= 0.6 is 0 Å². The van der Waals surface area contributed by atoms with Gasteiger partial charge in [0, 0.05) is 37.7 Å². The fraction of sp³-hybridized carbons (Fsp3) is 0.526. The van der Waals surface area contributed by atoms with E-state index >= 15 is 0 Å². The highest BCUT2D eigenvalue weighted by Crippen LogP contribution is 2.28. The van der Waals surface area contributed by atoms with Crippen LogP contribution in [0.4, 0.5) is 0 Å². The Balaban J connectivity index is 1.45. The van der Waals surface area contributed by atoms with Gasteiger partial charge in [0.2, 0.25) is 11.8 Å². The number of amides is 3. The summed E-state index contributed by atoms with van der Waals surface area (Å²) < 4.78 is 0. The maximum Gasteiger partial charge on any atom is 0.255 e. The van der Waals surface area contributed by atoms with Gasteiger partial charge in [0.25, 0.3) is 5.91 Å². The standard InChI is InChI=1S/C19H24N4O3/c1-11-7-20-9-15(11)21-8-12-2-3-13-10-23(19(26)14(13)6-12)16-4-5-17(24)22-18(16)25/h2-3,6,11,15-16,20-21H,4-5,7-10H2,1H3,(H,22,24,25)/t11-,15+,16?/m1/s1. The Hall–Kier alpha value is -2.25. The van der Waals surface area contributed by atoms with Crippen molar-refractivity contribution in [1.29, 1.82) is 0 Å². The van der Waals surface area contributed by atoms with Crippen molar-refractivity contribution in [1.82, 2.24) is 20.9 Å². The van der Waals surface area contributed by atoms with Crippen molar-refractivity contribution in [3.63, 3.8) is 0 Å². The Morgan fingerprint density at radius 2 is 2.08 bits per heavy atom. The summed E-state index contributed by atoms with van der Waals surface area (Å²) in [6.07, 6.45) is 0.671. The summed E-state index contributed by atoms with van der Waals surface area (Å²) in [5.41, 5.74) is 2.69. The second-order valence-electron chi connectivity index (χ2n) is 7.51. The molecule has 7 heteroatoms. The van der Waals surface area contributed by atoms with Crippen LogP contribution in [0.15, 0.2) is 18.2 Å². The first-order valence-corrected chi connectivity index (χ1v) is 9.23. The van der Waals surface area contributed by atoms with Gasteiger partial charge in [-0.15, -0.1) is 0 Å². The molecule has 4 rings (SSSR count). The minimum atomic E-state index is -0.556. The average Bonchev–Trinajstić information content (AvgIpc) is 3.17. The summed E-state index contributed by atoms with van der Waals surface area (Å²) in [5.74, 6) is -0.159. The highest BCUT2D eigenvalue weighted by molar-refractivity contribution is 6.05. The number of rotatable bonds is 4. The zero-order valence-corrected chi connectivity index (χ0v) is 14.9. The summed E-state index contributed by atoms with van der Waals surface area (Å²) in [6.45, 7) is 5.37. The third kappa shape index (κ3) is 3.12. The first-order chi connectivity index (χ1) is 12.5. The molecule has 3 heterocycles. The second-order valence-corrected chi connectivity index (χ2v) is 7.51. The van der Waals surface area contributed by atoms with Crippen LogP contribution < -0.4 is 16.0 Å². The Labute approximate surface area is 152 Å². The topological polar surface area (TPSA) is 90.5 Å². The average molecular weight is 356 g/mol. The molecule has 2 fully saturated rings. The summed E-state index contributed by atoms with van der Waals surface area (Å²) in [5, 5.41) is 9.26. The molecular formula is C19H24N4O3. The monoisotopic (exact) mass is 356 g/mol. The van der Waals surface area contributed by atoms with Crippen molar-refractivity contribution in [2.75, 3.05) is 13.1 Å². The number of fused-ring (bicyclic) bond motifs is 1. The van der Waals surface area contributed by atoms with E-state index in [0.717, 1.165) is 30.8 Å². The van der Waals surface area contributed by atoms with E-state index in [0.29, 0.717) is 30.5 Å². The number of nitrogens with zero attached hydrogens (tertiary/aromatic N) is 1. The van der Waals surface area contributed by atoms with Crippen molar-refractivity contribution in [3.8, 4) is 0 Å². The predicted octanol–water partition coefficient (Wildman–Crippen LogP) is 0.145. The van der Waals surface area contributed by atoms with Gasteiger partial charge in [-0.3, -0.25) is 19.7 Å². The number of benzene rings is 1. The maximum absolute atomic E-state index is 12.8. The molecule has 3 aliphatic heterocycles. The highest BCUT2D eigenvalue weighted by atomic mass is 16.2. The Kier molecular flexibility index (Phi) is 4.50. The largest absolute Gasteiger partial charge is 0.322 e. The van der Waals surface area contributed by atoms with E-state index in [-0.39, 0.29) is 24.1 Å². The van der Waals surface area contributed by atoms with Gasteiger partial charge in [-0.25, -0.2) is 0 Å². The van der Waals surface area contributed by atoms with E-state index < -0.39 is 6.04 Å². The van der Waals surface area contributed by atoms with E-state index in [4.69, 9.17) is 0 Å². The number of carbonyl (C=O) groups is 3. The molecule has 26 heavy (non-hydrogen) atoms. The molecule has 1 aromatic carbocycles. The number of imide groups is 1. The van der Waals surface area contributed by atoms with Gasteiger partial charge in [0.05, 0.1) is 0 Å². The Morgan fingerprint density at radius 3 is 2.81 bits per heavy atom. The van der Waals surface area contributed by atoms with Gasteiger partial charge in [-0.05, 0) is 36.1 Å². The van der Waals surface area contributed by atoms with Gasteiger partial charge in [-0.2, -0.15) is 0 Å². The molecule has 0 aliphatic carbocycles. The minimum absolute atomic E-state index is 0.118. The first-order valence-electron chi connectivity index (χ1n) is 9.23. The lowest BCUT2D eigenvalue weighted by molar-refractivity contribution is -0.136. The molecule has 0 spiro atoms. The zero-order valence-electron chi connectivity index (χ0n) is 14.9. The number of piperidine rings is 1. The summed E-state index contributed by atoms with van der Waals surface area (Å²) in [7, 11) is 0. The molecule has 0 radical (unpaired) electrons. The van der Waals surface area contributed by atoms with Crippen molar-refractivity contribution in [2.45, 2.75) is 44.9 Å². The lowest BCUT2D eigenvalue weighted by Crippen LogP contribution is -2.52. The highest BCUT2D eigenvalue weighted by Gasteiger charge is 2.39. The number of nitrogens with one attached hydrogen (secondary N) is 3. The van der Waals surface area contributed by atoms with E-state index in [1.165, 1.54) is 0 Å². The van der Waals surface area contributed by atoms with Crippen LogP contribution in [-0.2, 0) is 22.7 Å². The van der Waals surface area contributed by atoms with E-state index in [1.54, 1.807) is 4.90 Å². The Bertz CT molecular complexity index is 763. The molecule has 3 amide bonds. The van der Waals surface area contributed by atoms with Crippen molar-refractivity contribution >= 4 is 17.7 Å². The second kappa shape index (κ2) is 6.81. The molecule has 3 atom stereocenters. The van der Waals surface area contributed by atoms with Crippen molar-refractivity contribution in [3.05, 3.63) is 34.9 Å².